The van der Waals surface area contributed by atoms with Crippen LogP contribution in [0.5, 0.6) is 0 Å². The Hall–Kier alpha value is -4.08. The highest BCUT2D eigenvalue weighted by molar-refractivity contribution is 6.08. The molecule has 10 heteroatoms. The predicted octanol–water partition coefficient (Wildman–Crippen LogP) is 5.10. The summed E-state index contributed by atoms with van der Waals surface area (Å²) in [6.07, 6.45) is 3.94. The number of carbonyl (C=O) groups excluding carboxylic acids is 1. The van der Waals surface area contributed by atoms with E-state index in [1.807, 2.05) is 16.9 Å². The van der Waals surface area contributed by atoms with Crippen LogP contribution >= 0.6 is 0 Å². The molecule has 198 valence electrons. The zero-order chi connectivity index (χ0) is 27.2. The minimum absolute atomic E-state index is 0.157. The second kappa shape index (κ2) is 9.66. The van der Waals surface area contributed by atoms with Crippen molar-refractivity contribution < 1.29 is 13.6 Å². The third-order valence-electron chi connectivity index (χ3n) is 7.32. The van der Waals surface area contributed by atoms with Gasteiger partial charge in [0, 0.05) is 30.7 Å². The minimum atomic E-state index is -0.958. The average molecular weight is 521 g/mol. The highest BCUT2D eigenvalue weighted by atomic mass is 19.1. The van der Waals surface area contributed by atoms with Gasteiger partial charge in [0.2, 0.25) is 0 Å². The fourth-order valence-corrected chi connectivity index (χ4v) is 4.70. The number of nitrogens with zero attached hydrogens (tertiary/aromatic N) is 5. The Kier molecular flexibility index (Phi) is 6.50. The van der Waals surface area contributed by atoms with E-state index in [1.54, 1.807) is 6.07 Å². The van der Waals surface area contributed by atoms with E-state index in [4.69, 9.17) is 5.10 Å². The number of hydrogen-bond donors (Lipinski definition) is 1. The van der Waals surface area contributed by atoms with Crippen LogP contribution < -0.4 is 15.8 Å². The van der Waals surface area contributed by atoms with Crippen molar-refractivity contribution in [2.75, 3.05) is 23.3 Å². The molecule has 1 atom stereocenters. The van der Waals surface area contributed by atoms with Gasteiger partial charge in [0.1, 0.15) is 11.4 Å². The fraction of sp³-hybridized carbons (Fsp3) is 0.357. The van der Waals surface area contributed by atoms with E-state index >= 15 is 0 Å². The van der Waals surface area contributed by atoms with Gasteiger partial charge in [-0.05, 0) is 62.9 Å². The number of carbonyl (C=O) groups is 1. The normalized spacial score (nSPS) is 15.8. The van der Waals surface area contributed by atoms with Gasteiger partial charge in [-0.25, -0.2) is 8.78 Å². The van der Waals surface area contributed by atoms with Crippen molar-refractivity contribution in [1.82, 2.24) is 19.6 Å². The lowest BCUT2D eigenvalue weighted by molar-refractivity contribution is 0.102. The fourth-order valence-electron chi connectivity index (χ4n) is 4.70. The lowest BCUT2D eigenvalue weighted by Gasteiger charge is -2.24. The number of rotatable bonds is 6. The Morgan fingerprint density at radius 1 is 1.08 bits per heavy atom. The first-order valence-corrected chi connectivity index (χ1v) is 12.7. The number of halogens is 2. The molecule has 0 aliphatic carbocycles. The molecule has 1 fully saturated rings. The first-order valence-electron chi connectivity index (χ1n) is 12.7. The van der Waals surface area contributed by atoms with Crippen LogP contribution in [-0.2, 0) is 5.54 Å². The van der Waals surface area contributed by atoms with Gasteiger partial charge < -0.3 is 10.2 Å². The molecule has 0 radical (unpaired) electrons. The number of benzene rings is 2. The molecule has 2 aromatic carbocycles. The van der Waals surface area contributed by atoms with Gasteiger partial charge in [-0.2, -0.15) is 14.9 Å². The van der Waals surface area contributed by atoms with E-state index in [-0.39, 0.29) is 11.2 Å². The summed E-state index contributed by atoms with van der Waals surface area (Å²) < 4.78 is 31.3. The quantitative estimate of drug-likeness (QED) is 0.382. The maximum absolute atomic E-state index is 14.4. The lowest BCUT2D eigenvalue weighted by Crippen LogP contribution is -2.27. The molecule has 2 aromatic heterocycles. The van der Waals surface area contributed by atoms with Crippen molar-refractivity contribution in [3.8, 4) is 5.69 Å². The summed E-state index contributed by atoms with van der Waals surface area (Å²) in [5, 5.41) is 12.6. The zero-order valence-electron chi connectivity index (χ0n) is 21.8. The molecular formula is C28H30F2N6O2. The van der Waals surface area contributed by atoms with Crippen LogP contribution in [0.1, 0.15) is 51.0 Å². The van der Waals surface area contributed by atoms with Gasteiger partial charge in [-0.15, -0.1) is 0 Å². The highest BCUT2D eigenvalue weighted by Crippen LogP contribution is 2.38. The molecule has 1 amide bonds. The average Bonchev–Trinajstić information content (AvgIpc) is 3.51. The first kappa shape index (κ1) is 25.6. The number of para-hydroxylation sites is 1. The van der Waals surface area contributed by atoms with Crippen molar-refractivity contribution in [2.45, 2.75) is 46.1 Å². The van der Waals surface area contributed by atoms with Crippen LogP contribution in [0.25, 0.3) is 16.6 Å². The third-order valence-corrected chi connectivity index (χ3v) is 7.32. The van der Waals surface area contributed by atoms with E-state index < -0.39 is 28.8 Å². The van der Waals surface area contributed by atoms with Gasteiger partial charge in [-0.1, -0.05) is 19.9 Å². The molecule has 0 bridgehead atoms. The van der Waals surface area contributed by atoms with Gasteiger partial charge in [0.25, 0.3) is 11.5 Å². The van der Waals surface area contributed by atoms with E-state index in [0.29, 0.717) is 16.3 Å². The van der Waals surface area contributed by atoms with Crippen molar-refractivity contribution in [3.63, 3.8) is 0 Å². The molecule has 1 aliphatic rings. The minimum Gasteiger partial charge on any atom is -0.369 e. The van der Waals surface area contributed by atoms with Gasteiger partial charge in [0.05, 0.1) is 22.4 Å². The Balaban J connectivity index is 1.56. The summed E-state index contributed by atoms with van der Waals surface area (Å²) in [5.74, 6) is -2.03. The summed E-state index contributed by atoms with van der Waals surface area (Å²) in [6.45, 7) is 10.2. The first-order chi connectivity index (χ1) is 18.1. The molecule has 8 nitrogen and oxygen atoms in total. The molecule has 0 saturated carbocycles. The Morgan fingerprint density at radius 3 is 2.47 bits per heavy atom. The summed E-state index contributed by atoms with van der Waals surface area (Å²) in [5.41, 5.74) is 0.527. The topological polar surface area (TPSA) is 85.0 Å². The van der Waals surface area contributed by atoms with Gasteiger partial charge >= 0.3 is 0 Å². The summed E-state index contributed by atoms with van der Waals surface area (Å²) in [6, 6.07) is 9.22. The molecule has 1 unspecified atom stereocenters. The lowest BCUT2D eigenvalue weighted by atomic mass is 10.0. The summed E-state index contributed by atoms with van der Waals surface area (Å²) >= 11 is 0. The van der Waals surface area contributed by atoms with Crippen molar-refractivity contribution >= 4 is 28.2 Å². The second-order valence-corrected chi connectivity index (χ2v) is 10.5. The van der Waals surface area contributed by atoms with Crippen molar-refractivity contribution in [1.29, 1.82) is 0 Å². The van der Waals surface area contributed by atoms with Gasteiger partial charge in [-0.3, -0.25) is 14.3 Å². The number of aromatic nitrogens is 4. The van der Waals surface area contributed by atoms with Crippen LogP contribution in [0.4, 0.5) is 20.2 Å². The van der Waals surface area contributed by atoms with E-state index in [2.05, 4.69) is 43.0 Å². The van der Waals surface area contributed by atoms with Crippen LogP contribution in [0.3, 0.4) is 0 Å². The molecule has 0 spiro atoms. The van der Waals surface area contributed by atoms with Crippen molar-refractivity contribution in [2.24, 2.45) is 5.92 Å². The zero-order valence-corrected chi connectivity index (χ0v) is 21.8. The molecule has 1 aliphatic heterocycles. The number of fused-ring (bicyclic) bond motifs is 1. The predicted molar refractivity (Wildman–Crippen MR) is 143 cm³/mol. The molecule has 1 N–H and O–H groups in total. The monoisotopic (exact) mass is 520 g/mol. The molecule has 5 rings (SSSR count). The van der Waals surface area contributed by atoms with Crippen LogP contribution in [0.2, 0.25) is 0 Å². The summed E-state index contributed by atoms with van der Waals surface area (Å²) in [7, 11) is 0. The second-order valence-electron chi connectivity index (χ2n) is 10.5. The van der Waals surface area contributed by atoms with E-state index in [9.17, 15) is 18.4 Å². The number of hydrogen-bond acceptors (Lipinski definition) is 5. The Labute approximate surface area is 218 Å². The number of nitrogens with one attached hydrogen (secondary N) is 1. The van der Waals surface area contributed by atoms with E-state index in [0.717, 1.165) is 60.7 Å². The standard InChI is InChI=1S/C28H30F2N6O2/c1-5-28(3,4)35-16-18-21(32-35)9-10-22(25(18)34-14-13-17(2)15-34)31-27(38)23-11-12-24(37)36(33-23)26-19(29)7-6-8-20(26)30/h6-12,16-17H,5,13-15H2,1-4H3,(H,31,38). The third kappa shape index (κ3) is 4.55. The molecule has 3 heterocycles. The number of amides is 1. The molecular weight excluding hydrogens is 490 g/mol. The maximum atomic E-state index is 14.4. The van der Waals surface area contributed by atoms with Crippen LogP contribution in [0.15, 0.2) is 53.5 Å². The molecule has 1 saturated heterocycles. The number of anilines is 2. The molecule has 4 aromatic rings. The smallest absolute Gasteiger partial charge is 0.276 e. The molecule has 38 heavy (non-hydrogen) atoms. The Morgan fingerprint density at radius 2 is 1.82 bits per heavy atom. The van der Waals surface area contributed by atoms with E-state index in [1.165, 1.54) is 12.1 Å². The summed E-state index contributed by atoms with van der Waals surface area (Å²) in [4.78, 5) is 28.0. The highest BCUT2D eigenvalue weighted by Gasteiger charge is 2.27. The SMILES string of the molecule is CCC(C)(C)n1cc2c(N3CCC(C)C3)c(NC(=O)c3ccc(=O)n(-c4c(F)cccc4F)n3)ccc2n1. The Bertz CT molecular complexity index is 1570. The van der Waals surface area contributed by atoms with Crippen LogP contribution in [0, 0.1) is 17.6 Å². The van der Waals surface area contributed by atoms with Gasteiger partial charge in [0.15, 0.2) is 11.6 Å². The maximum Gasteiger partial charge on any atom is 0.276 e. The van der Waals surface area contributed by atoms with Crippen molar-refractivity contribution in [3.05, 3.63) is 76.3 Å². The van der Waals surface area contributed by atoms with Crippen LogP contribution in [-0.4, -0.2) is 38.6 Å². The largest absolute Gasteiger partial charge is 0.369 e.